The molecule has 1 heterocycles. The van der Waals surface area contributed by atoms with Gasteiger partial charge in [0.15, 0.2) is 5.82 Å². The minimum Gasteiger partial charge on any atom is -0.364 e. The Balaban J connectivity index is 2.12. The summed E-state index contributed by atoms with van der Waals surface area (Å²) in [5.74, 6) is 1.19. The van der Waals surface area contributed by atoms with Gasteiger partial charge in [-0.1, -0.05) is 32.9 Å². The van der Waals surface area contributed by atoms with Crippen molar-refractivity contribution in [2.75, 3.05) is 10.6 Å². The van der Waals surface area contributed by atoms with E-state index >= 15 is 0 Å². The van der Waals surface area contributed by atoms with Crippen molar-refractivity contribution in [3.63, 3.8) is 0 Å². The molecule has 22 heavy (non-hydrogen) atoms. The van der Waals surface area contributed by atoms with Crippen molar-refractivity contribution in [2.24, 2.45) is 0 Å². The van der Waals surface area contributed by atoms with Gasteiger partial charge in [0.25, 0.3) is 0 Å². The molecule has 0 saturated carbocycles. The van der Waals surface area contributed by atoms with Gasteiger partial charge in [-0.05, 0) is 43.9 Å². The molecule has 0 aliphatic heterocycles. The number of anilines is 3. The lowest BCUT2D eigenvalue weighted by Crippen LogP contribution is -2.27. The van der Waals surface area contributed by atoms with Gasteiger partial charge < -0.3 is 10.6 Å². The first-order chi connectivity index (χ1) is 10.1. The molecular weight excluding hydrogens is 274 g/mol. The first-order valence-corrected chi connectivity index (χ1v) is 7.49. The van der Waals surface area contributed by atoms with E-state index in [1.54, 1.807) is 6.20 Å². The molecule has 1 aromatic heterocycles. The second-order valence-corrected chi connectivity index (χ2v) is 7.49. The molecule has 1 aromatic carbocycles. The fraction of sp³-hybridized carbons (Fsp3) is 0.471. The molecule has 5 nitrogen and oxygen atoms in total. The maximum absolute atomic E-state index is 4.43. The second-order valence-electron chi connectivity index (χ2n) is 7.49. The number of hydrogen-bond donors (Lipinski definition) is 2. The van der Waals surface area contributed by atoms with E-state index in [0.29, 0.717) is 11.8 Å². The van der Waals surface area contributed by atoms with Crippen molar-refractivity contribution in [3.05, 3.63) is 36.0 Å². The topological polar surface area (TPSA) is 62.7 Å². The van der Waals surface area contributed by atoms with Crippen LogP contribution in [0.3, 0.4) is 0 Å². The predicted molar refractivity (Wildman–Crippen MR) is 91.6 cm³/mol. The molecule has 2 aromatic rings. The fourth-order valence-electron chi connectivity index (χ4n) is 1.98. The lowest BCUT2D eigenvalue weighted by Gasteiger charge is -2.21. The Morgan fingerprint density at radius 3 is 2.09 bits per heavy atom. The summed E-state index contributed by atoms with van der Waals surface area (Å²) in [4.78, 5) is 4.43. The number of nitrogens with one attached hydrogen (secondary N) is 2. The van der Waals surface area contributed by atoms with Crippen LogP contribution in [-0.4, -0.2) is 20.7 Å². The lowest BCUT2D eigenvalue weighted by atomic mass is 9.87. The van der Waals surface area contributed by atoms with E-state index in [1.807, 2.05) is 12.1 Å². The predicted octanol–water partition coefficient (Wildman–Crippen LogP) is 4.12. The van der Waals surface area contributed by atoms with E-state index in [-0.39, 0.29) is 11.0 Å². The standard InChI is InChI=1S/C17H25N5/c1-16(2,3)12-7-9-13(10-8-12)19-15-20-14(11-18-22-15)21-17(4,5)6/h7-11H,1-6H3,(H2,19,20,21,22). The highest BCUT2D eigenvalue weighted by Crippen LogP contribution is 2.24. The van der Waals surface area contributed by atoms with Gasteiger partial charge in [-0.2, -0.15) is 10.1 Å². The van der Waals surface area contributed by atoms with Crippen molar-refractivity contribution < 1.29 is 0 Å². The summed E-state index contributed by atoms with van der Waals surface area (Å²) in [6, 6.07) is 8.31. The molecular formula is C17H25N5. The summed E-state index contributed by atoms with van der Waals surface area (Å²) < 4.78 is 0. The van der Waals surface area contributed by atoms with Crippen LogP contribution in [0.1, 0.15) is 47.1 Å². The van der Waals surface area contributed by atoms with Gasteiger partial charge in [0.2, 0.25) is 5.95 Å². The van der Waals surface area contributed by atoms with Gasteiger partial charge in [-0.15, -0.1) is 5.10 Å². The van der Waals surface area contributed by atoms with Gasteiger partial charge in [0, 0.05) is 11.2 Å². The molecule has 5 heteroatoms. The molecule has 0 radical (unpaired) electrons. The molecule has 2 rings (SSSR count). The first-order valence-electron chi connectivity index (χ1n) is 7.49. The van der Waals surface area contributed by atoms with Crippen LogP contribution in [0.15, 0.2) is 30.5 Å². The zero-order valence-corrected chi connectivity index (χ0v) is 14.2. The van der Waals surface area contributed by atoms with Gasteiger partial charge in [0.1, 0.15) is 0 Å². The number of nitrogens with zero attached hydrogens (tertiary/aromatic N) is 3. The first kappa shape index (κ1) is 16.2. The zero-order chi connectivity index (χ0) is 16.4. The van der Waals surface area contributed by atoms with Crippen molar-refractivity contribution in [1.82, 2.24) is 15.2 Å². The molecule has 0 bridgehead atoms. The minimum absolute atomic E-state index is 0.0678. The highest BCUT2D eigenvalue weighted by Gasteiger charge is 2.13. The van der Waals surface area contributed by atoms with Crippen LogP contribution in [0.2, 0.25) is 0 Å². The molecule has 0 spiro atoms. The van der Waals surface area contributed by atoms with E-state index in [2.05, 4.69) is 79.5 Å². The number of hydrogen-bond acceptors (Lipinski definition) is 5. The SMILES string of the molecule is CC(C)(C)Nc1cnnc(Nc2ccc(C(C)(C)C)cc2)n1. The smallest absolute Gasteiger partial charge is 0.249 e. The van der Waals surface area contributed by atoms with E-state index in [4.69, 9.17) is 0 Å². The Kier molecular flexibility index (Phi) is 4.35. The Labute approximate surface area is 132 Å². The lowest BCUT2D eigenvalue weighted by molar-refractivity contribution is 0.590. The summed E-state index contributed by atoms with van der Waals surface area (Å²) in [5.41, 5.74) is 2.32. The Morgan fingerprint density at radius 2 is 1.55 bits per heavy atom. The molecule has 0 unspecified atom stereocenters. The van der Waals surface area contributed by atoms with Crippen LogP contribution < -0.4 is 10.6 Å². The van der Waals surface area contributed by atoms with Crippen LogP contribution in [0, 0.1) is 0 Å². The van der Waals surface area contributed by atoms with Crippen LogP contribution in [0.4, 0.5) is 17.5 Å². The summed E-state index contributed by atoms with van der Waals surface area (Å²) in [6.45, 7) is 12.8. The molecule has 0 amide bonds. The monoisotopic (exact) mass is 299 g/mol. The molecule has 0 fully saturated rings. The second kappa shape index (κ2) is 5.91. The number of rotatable bonds is 3. The van der Waals surface area contributed by atoms with Crippen molar-refractivity contribution in [1.29, 1.82) is 0 Å². The van der Waals surface area contributed by atoms with Crippen LogP contribution in [0.5, 0.6) is 0 Å². The highest BCUT2D eigenvalue weighted by molar-refractivity contribution is 5.55. The molecule has 0 aliphatic carbocycles. The molecule has 0 aliphatic rings. The quantitative estimate of drug-likeness (QED) is 0.892. The van der Waals surface area contributed by atoms with Crippen LogP contribution >= 0.6 is 0 Å². The van der Waals surface area contributed by atoms with Crippen molar-refractivity contribution >= 4 is 17.5 Å². The van der Waals surface area contributed by atoms with Crippen LogP contribution in [0.25, 0.3) is 0 Å². The summed E-state index contributed by atoms with van der Waals surface area (Å²) >= 11 is 0. The average Bonchev–Trinajstić information content (AvgIpc) is 2.36. The fourth-order valence-corrected chi connectivity index (χ4v) is 1.98. The van der Waals surface area contributed by atoms with E-state index < -0.39 is 0 Å². The van der Waals surface area contributed by atoms with Gasteiger partial charge in [-0.25, -0.2) is 0 Å². The Bertz CT molecular complexity index is 621. The molecule has 0 atom stereocenters. The third kappa shape index (κ3) is 4.69. The molecule has 0 saturated heterocycles. The van der Waals surface area contributed by atoms with Crippen molar-refractivity contribution in [2.45, 2.75) is 52.5 Å². The zero-order valence-electron chi connectivity index (χ0n) is 14.2. The van der Waals surface area contributed by atoms with E-state index in [1.165, 1.54) is 5.56 Å². The number of aromatic nitrogens is 3. The highest BCUT2D eigenvalue weighted by atomic mass is 15.3. The largest absolute Gasteiger partial charge is 0.364 e. The van der Waals surface area contributed by atoms with Crippen molar-refractivity contribution in [3.8, 4) is 0 Å². The number of benzene rings is 1. The normalized spacial score (nSPS) is 12.1. The third-order valence-electron chi connectivity index (χ3n) is 3.07. The summed E-state index contributed by atoms with van der Waals surface area (Å²) in [6.07, 6.45) is 1.62. The molecule has 2 N–H and O–H groups in total. The summed E-state index contributed by atoms with van der Waals surface area (Å²) in [7, 11) is 0. The van der Waals surface area contributed by atoms with E-state index in [0.717, 1.165) is 5.69 Å². The third-order valence-corrected chi connectivity index (χ3v) is 3.07. The average molecular weight is 299 g/mol. The maximum Gasteiger partial charge on any atom is 0.249 e. The van der Waals surface area contributed by atoms with Gasteiger partial charge in [0.05, 0.1) is 6.20 Å². The van der Waals surface area contributed by atoms with Gasteiger partial charge in [-0.3, -0.25) is 0 Å². The van der Waals surface area contributed by atoms with Gasteiger partial charge >= 0.3 is 0 Å². The Hall–Kier alpha value is -2.17. The van der Waals surface area contributed by atoms with E-state index in [9.17, 15) is 0 Å². The molecule has 118 valence electrons. The Morgan fingerprint density at radius 1 is 0.909 bits per heavy atom. The summed E-state index contributed by atoms with van der Waals surface area (Å²) in [5, 5.41) is 14.5. The minimum atomic E-state index is -0.0678. The maximum atomic E-state index is 4.43. The van der Waals surface area contributed by atoms with Crippen LogP contribution in [-0.2, 0) is 5.41 Å².